The number of rotatable bonds is 25. The van der Waals surface area contributed by atoms with Gasteiger partial charge in [-0.1, -0.05) is 0 Å². The van der Waals surface area contributed by atoms with Gasteiger partial charge in [0.05, 0.1) is 78.9 Å². The fourth-order valence-electron chi connectivity index (χ4n) is 11.0. The number of nitrogens with zero attached hydrogens (tertiary/aromatic N) is 11. The number of ether oxygens (including phenoxy) is 1. The summed E-state index contributed by atoms with van der Waals surface area (Å²) >= 11 is 0. The van der Waals surface area contributed by atoms with Crippen LogP contribution >= 0.6 is 0 Å². The number of nitrogens with two attached hydrogens (primary N) is 1. The van der Waals surface area contributed by atoms with Gasteiger partial charge >= 0.3 is 5.97 Å². The summed E-state index contributed by atoms with van der Waals surface area (Å²) in [6.07, 6.45) is 10.9. The van der Waals surface area contributed by atoms with E-state index in [2.05, 4.69) is 49.9 Å². The predicted octanol–water partition coefficient (Wildman–Crippen LogP) is 7.34. The molecule has 25 nitrogen and oxygen atoms in total. The number of carbonyl (C=O) groups is 6. The van der Waals surface area contributed by atoms with E-state index in [9.17, 15) is 48.8 Å². The highest BCUT2D eigenvalue weighted by Crippen LogP contribution is 2.44. The van der Waals surface area contributed by atoms with E-state index in [1.165, 1.54) is 9.80 Å². The van der Waals surface area contributed by atoms with Crippen molar-refractivity contribution in [1.82, 2.24) is 49.8 Å². The number of hydrogen-bond donors (Lipinski definition) is 6. The van der Waals surface area contributed by atoms with Gasteiger partial charge in [0, 0.05) is 64.8 Å². The first kappa shape index (κ1) is 57.9. The van der Waals surface area contributed by atoms with Gasteiger partial charge < -0.3 is 46.9 Å². The van der Waals surface area contributed by atoms with E-state index in [1.807, 2.05) is 0 Å². The van der Waals surface area contributed by atoms with E-state index in [0.717, 1.165) is 38.5 Å². The number of benzene rings is 3. The molecule has 7 N–H and O–H groups in total. The molecule has 3 saturated carbocycles. The van der Waals surface area contributed by atoms with Crippen molar-refractivity contribution in [1.29, 1.82) is 15.8 Å². The molecule has 4 unspecified atom stereocenters. The van der Waals surface area contributed by atoms with Crippen LogP contribution in [-0.4, -0.2) is 104 Å². The van der Waals surface area contributed by atoms with Crippen molar-refractivity contribution in [3.63, 3.8) is 0 Å². The monoisotopic (exact) mass is 1180 g/mol. The van der Waals surface area contributed by atoms with Gasteiger partial charge in [-0.15, -0.1) is 0 Å². The first-order valence-corrected chi connectivity index (χ1v) is 29.8. The second kappa shape index (κ2) is 24.0. The molecular weight excluding hydrogens is 1120 g/mol. The lowest BCUT2D eigenvalue weighted by Crippen LogP contribution is -2.37. The lowest BCUT2D eigenvalue weighted by Gasteiger charge is -2.22. The average Bonchev–Trinajstić information content (AvgIpc) is 3.59. The van der Waals surface area contributed by atoms with Crippen molar-refractivity contribution in [3.8, 4) is 18.2 Å². The van der Waals surface area contributed by atoms with Gasteiger partial charge in [0.1, 0.15) is 28.8 Å². The minimum absolute atomic E-state index is 0.124. The topological polar surface area (TPSA) is 346 Å². The summed E-state index contributed by atoms with van der Waals surface area (Å²) in [5.74, 6) is -1.89. The predicted molar refractivity (Wildman–Crippen MR) is 312 cm³/mol. The molecule has 5 amide bonds. The molecule has 3 aromatic carbocycles. The summed E-state index contributed by atoms with van der Waals surface area (Å²) in [6.45, 7) is 5.17. The number of esters is 1. The van der Waals surface area contributed by atoms with E-state index in [-0.39, 0.29) is 127 Å². The van der Waals surface area contributed by atoms with Crippen molar-refractivity contribution in [2.75, 3.05) is 35.0 Å². The minimum Gasteiger partial charge on any atom is -0.459 e. The molecule has 442 valence electrons. The lowest BCUT2D eigenvalue weighted by molar-refractivity contribution is -0.155. The Kier molecular flexibility index (Phi) is 16.2. The third-order valence-corrected chi connectivity index (χ3v) is 17.0. The largest absolute Gasteiger partial charge is 0.459 e. The summed E-state index contributed by atoms with van der Waals surface area (Å²) in [7, 11) is -1.71. The molecule has 2 aliphatic heterocycles. The van der Waals surface area contributed by atoms with Crippen LogP contribution in [-0.2, 0) is 33.4 Å². The molecule has 5 aliphatic rings. The molecule has 3 aromatic heterocycles. The molecule has 0 bridgehead atoms. The summed E-state index contributed by atoms with van der Waals surface area (Å²) in [4.78, 5) is 83.7. The summed E-state index contributed by atoms with van der Waals surface area (Å²) in [5, 5.41) is 58.3. The molecule has 3 fully saturated rings. The number of fused-ring (bicyclic) bond motifs is 2. The van der Waals surface area contributed by atoms with E-state index < -0.39 is 40.1 Å². The lowest BCUT2D eigenvalue weighted by atomic mass is 10.1. The maximum atomic E-state index is 14.2. The van der Waals surface area contributed by atoms with Crippen LogP contribution in [0.1, 0.15) is 160 Å². The third-order valence-electron chi connectivity index (χ3n) is 15.8. The van der Waals surface area contributed by atoms with Gasteiger partial charge in [-0.25, -0.2) is 0 Å². The second-order valence-electron chi connectivity index (χ2n) is 23.3. The van der Waals surface area contributed by atoms with Crippen LogP contribution in [0.2, 0.25) is 0 Å². The molecule has 0 spiro atoms. The first-order chi connectivity index (χ1) is 41.3. The molecule has 3 aliphatic carbocycles. The first-order valence-electron chi connectivity index (χ1n) is 28.5. The molecule has 26 heteroatoms. The molecule has 6 aromatic rings. The third kappa shape index (κ3) is 12.9. The Hall–Kier alpha value is -9.87. The van der Waals surface area contributed by atoms with Crippen molar-refractivity contribution < 1.29 is 37.7 Å². The maximum absolute atomic E-state index is 14.2. The van der Waals surface area contributed by atoms with Gasteiger partial charge in [0.2, 0.25) is 0 Å². The number of amides is 5. The fourth-order valence-corrected chi connectivity index (χ4v) is 11.9. The van der Waals surface area contributed by atoms with Crippen molar-refractivity contribution in [3.05, 3.63) is 118 Å². The number of nitrogens with one attached hydrogen (secondary N) is 5. The van der Waals surface area contributed by atoms with Gasteiger partial charge in [-0.05, 0) is 149 Å². The quantitative estimate of drug-likeness (QED) is 0.0305. The van der Waals surface area contributed by atoms with Crippen LogP contribution < -0.4 is 32.3 Å². The van der Waals surface area contributed by atoms with Crippen LogP contribution in [0.25, 0.3) is 0 Å². The average molecular weight is 1180 g/mol. The number of nitriles is 3. The smallest absolute Gasteiger partial charge is 0.326 e. The Labute approximate surface area is 497 Å². The normalized spacial score (nSPS) is 16.6. The van der Waals surface area contributed by atoms with E-state index in [0.29, 0.717) is 50.1 Å². The van der Waals surface area contributed by atoms with Crippen LogP contribution in [0.5, 0.6) is 0 Å². The van der Waals surface area contributed by atoms with Crippen LogP contribution in [0.15, 0.2) is 84.1 Å². The summed E-state index contributed by atoms with van der Waals surface area (Å²) < 4.78 is 24.0. The Balaban J connectivity index is 0.747. The van der Waals surface area contributed by atoms with Crippen molar-refractivity contribution in [2.24, 2.45) is 23.5 Å². The molecule has 4 atom stereocenters. The van der Waals surface area contributed by atoms with Crippen LogP contribution in [0.4, 0.5) is 34.5 Å². The number of anilines is 6. The highest BCUT2D eigenvalue weighted by molar-refractivity contribution is 7.85. The second-order valence-corrected chi connectivity index (χ2v) is 24.8. The highest BCUT2D eigenvalue weighted by atomic mass is 32.2. The van der Waals surface area contributed by atoms with E-state index in [1.54, 1.807) is 114 Å². The number of aromatic nitrogens is 6. The number of carbonyl (C=O) groups excluding carboxylic acids is 6. The van der Waals surface area contributed by atoms with Crippen LogP contribution in [0, 0.1) is 51.7 Å². The standard InChI is InChI=1S/C60H63N17O8S/c1-60(2,3)85-51(78)31-73-26-37-24-40(12-16-43(37)58(73)82)68-54-46(29-76(71-54)49(19-22-62)35-6-7-35)56(80)65-32-74-27-38-25-41(13-17-44(38)59(74)83)69-55-47(30-77(72-55)50(20-23-63)36-8-9-36)57(81)66-33-86(84)42-14-10-39(11-15-42)67-53-45(52(64)79)28-75(70-53)48(18-21-61)34-4-5-34/h10-17,24-25,28-30,34-36,48-50H,4-9,18-20,26-27,31-33H2,1-3H3,(H2,64,79)(H,65,80)(H,66,81)(H,67,70)(H,68,71)(H,69,72). The number of hydrogen-bond acceptors (Lipinski definition) is 17. The maximum Gasteiger partial charge on any atom is 0.326 e. The summed E-state index contributed by atoms with van der Waals surface area (Å²) in [5.41, 5.74) is 9.15. The molecular formula is C60H63N17O8S. The Morgan fingerprint density at radius 2 is 1.05 bits per heavy atom. The Morgan fingerprint density at radius 3 is 1.50 bits per heavy atom. The molecule has 0 radical (unpaired) electrons. The SMILES string of the molecule is CC(C)(C)OC(=O)CN1Cc2cc(Nc3nn(C(CC#N)C4CC4)cc3C(=O)NCN3Cc4cc(Nc5nn(C(CC#N)C6CC6)cc5C(=O)NCS(=O)c5ccc(Nc6nn(C(CC#N)C7CC7)cc6C(N)=O)cc5)ccc4C3=O)ccc2C1=O. The zero-order chi connectivity index (χ0) is 60.6. The molecule has 86 heavy (non-hydrogen) atoms. The van der Waals surface area contributed by atoms with E-state index in [4.69, 9.17) is 20.7 Å². The van der Waals surface area contributed by atoms with Gasteiger partial charge in [-0.2, -0.15) is 31.1 Å². The van der Waals surface area contributed by atoms with Gasteiger partial charge in [-0.3, -0.25) is 47.0 Å². The molecule has 11 rings (SSSR count). The zero-order valence-electron chi connectivity index (χ0n) is 47.5. The van der Waals surface area contributed by atoms with E-state index >= 15 is 0 Å². The van der Waals surface area contributed by atoms with Crippen molar-refractivity contribution in [2.45, 2.75) is 120 Å². The van der Waals surface area contributed by atoms with Gasteiger partial charge in [0.15, 0.2) is 17.5 Å². The van der Waals surface area contributed by atoms with Crippen molar-refractivity contribution >= 4 is 80.8 Å². The zero-order valence-corrected chi connectivity index (χ0v) is 48.4. The van der Waals surface area contributed by atoms with Gasteiger partial charge in [0.25, 0.3) is 29.5 Å². The molecule has 5 heterocycles. The minimum atomic E-state index is -1.71. The summed E-state index contributed by atoms with van der Waals surface area (Å²) in [6, 6.07) is 22.7. The highest BCUT2D eigenvalue weighted by Gasteiger charge is 2.38. The number of primary amides is 1. The Morgan fingerprint density at radius 1 is 0.628 bits per heavy atom. The van der Waals surface area contributed by atoms with Crippen LogP contribution in [0.3, 0.4) is 0 Å². The Bertz CT molecular complexity index is 3850. The molecule has 0 saturated heterocycles. The fraction of sp³-hybridized carbons (Fsp3) is 0.400.